The smallest absolute Gasteiger partial charge is 0.360 e. The maximum atomic E-state index is 13.1. The van der Waals surface area contributed by atoms with Crippen LogP contribution in [-0.4, -0.2) is 15.1 Å². The summed E-state index contributed by atoms with van der Waals surface area (Å²) in [6.07, 6.45) is -4.47. The molecule has 0 unspecified atom stereocenters. The third-order valence-electron chi connectivity index (χ3n) is 3.22. The largest absolute Gasteiger partial charge is 0.418 e. The summed E-state index contributed by atoms with van der Waals surface area (Å²) in [5.41, 5.74) is -0.857. The highest BCUT2D eigenvalue weighted by atomic mass is 19.4. The van der Waals surface area contributed by atoms with E-state index in [0.29, 0.717) is 23.2 Å². The number of hydrogen-bond donors (Lipinski definition) is 2. The van der Waals surface area contributed by atoms with Crippen LogP contribution in [0.1, 0.15) is 17.1 Å². The lowest BCUT2D eigenvalue weighted by Gasteiger charge is -2.14. The van der Waals surface area contributed by atoms with E-state index < -0.39 is 11.7 Å². The minimum Gasteiger partial charge on any atom is -0.360 e. The molecule has 2 aromatic heterocycles. The van der Waals surface area contributed by atoms with Gasteiger partial charge in [0.1, 0.15) is 23.2 Å². The van der Waals surface area contributed by atoms with Gasteiger partial charge in [0, 0.05) is 12.1 Å². The van der Waals surface area contributed by atoms with Crippen molar-refractivity contribution < 1.29 is 17.7 Å². The molecule has 0 radical (unpaired) electrons. The van der Waals surface area contributed by atoms with Gasteiger partial charge in [0.15, 0.2) is 5.82 Å². The fourth-order valence-electron chi connectivity index (χ4n) is 2.23. The Morgan fingerprint density at radius 3 is 2.24 bits per heavy atom. The van der Waals surface area contributed by atoms with Crippen molar-refractivity contribution in [1.82, 2.24) is 15.1 Å². The first kappa shape index (κ1) is 16.7. The number of benzene rings is 1. The molecule has 130 valence electrons. The second-order valence-corrected chi connectivity index (χ2v) is 5.30. The highest BCUT2D eigenvalue weighted by molar-refractivity contribution is 5.64. The lowest BCUT2D eigenvalue weighted by molar-refractivity contribution is -0.136. The zero-order valence-corrected chi connectivity index (χ0v) is 13.3. The molecule has 0 aliphatic heterocycles. The van der Waals surface area contributed by atoms with Crippen LogP contribution in [0.15, 0.2) is 40.9 Å². The van der Waals surface area contributed by atoms with Crippen LogP contribution < -0.4 is 10.6 Å². The van der Waals surface area contributed by atoms with Gasteiger partial charge in [-0.1, -0.05) is 17.3 Å². The average Bonchev–Trinajstić information content (AvgIpc) is 2.91. The number of para-hydroxylation sites is 1. The van der Waals surface area contributed by atoms with E-state index in [2.05, 4.69) is 25.8 Å². The maximum Gasteiger partial charge on any atom is 0.418 e. The van der Waals surface area contributed by atoms with Gasteiger partial charge >= 0.3 is 6.18 Å². The molecule has 1 aromatic carbocycles. The Bertz CT molecular complexity index is 891. The highest BCUT2D eigenvalue weighted by Gasteiger charge is 2.33. The number of nitrogens with zero attached hydrogens (tertiary/aromatic N) is 3. The normalized spacial score (nSPS) is 11.4. The predicted octanol–water partition coefficient (Wildman–Crippen LogP) is 4.59. The van der Waals surface area contributed by atoms with E-state index >= 15 is 0 Å². The Morgan fingerprint density at radius 2 is 1.60 bits per heavy atom. The summed E-state index contributed by atoms with van der Waals surface area (Å²) in [4.78, 5) is 8.31. The second-order valence-electron chi connectivity index (χ2n) is 5.30. The molecule has 6 nitrogen and oxygen atoms in total. The molecular formula is C16H14F3N5O. The third-order valence-corrected chi connectivity index (χ3v) is 3.22. The summed E-state index contributed by atoms with van der Waals surface area (Å²) in [5.74, 6) is 2.06. The minimum atomic E-state index is -4.47. The van der Waals surface area contributed by atoms with Crippen LogP contribution in [0.3, 0.4) is 0 Å². The van der Waals surface area contributed by atoms with E-state index in [0.717, 1.165) is 6.07 Å². The number of rotatable bonds is 4. The number of alkyl halides is 3. The van der Waals surface area contributed by atoms with Gasteiger partial charge < -0.3 is 15.2 Å². The quantitative estimate of drug-likeness (QED) is 0.718. The van der Waals surface area contributed by atoms with Gasteiger partial charge in [-0.15, -0.1) is 0 Å². The van der Waals surface area contributed by atoms with E-state index in [4.69, 9.17) is 4.52 Å². The van der Waals surface area contributed by atoms with Gasteiger partial charge in [-0.2, -0.15) is 13.2 Å². The van der Waals surface area contributed by atoms with Crippen LogP contribution in [0, 0.1) is 13.8 Å². The van der Waals surface area contributed by atoms with E-state index in [9.17, 15) is 13.2 Å². The molecule has 0 spiro atoms. The molecule has 0 aliphatic carbocycles. The Morgan fingerprint density at radius 1 is 0.920 bits per heavy atom. The molecule has 25 heavy (non-hydrogen) atoms. The zero-order chi connectivity index (χ0) is 18.0. The Kier molecular flexibility index (Phi) is 4.30. The highest BCUT2D eigenvalue weighted by Crippen LogP contribution is 2.35. The molecule has 3 aromatic rings. The summed E-state index contributed by atoms with van der Waals surface area (Å²) < 4.78 is 44.2. The van der Waals surface area contributed by atoms with Crippen molar-refractivity contribution in [1.29, 1.82) is 0 Å². The SMILES string of the molecule is Cc1nc(Nc2cc(C)on2)cc(Nc2ccccc2C(F)(F)F)n1. The monoisotopic (exact) mass is 349 g/mol. The van der Waals surface area contributed by atoms with Crippen LogP contribution in [0.25, 0.3) is 0 Å². The van der Waals surface area contributed by atoms with Gasteiger partial charge in [0.25, 0.3) is 0 Å². The number of anilines is 4. The predicted molar refractivity (Wildman–Crippen MR) is 86.0 cm³/mol. The van der Waals surface area contributed by atoms with Crippen LogP contribution in [0.2, 0.25) is 0 Å². The number of aromatic nitrogens is 3. The second kappa shape index (κ2) is 6.42. The summed E-state index contributed by atoms with van der Waals surface area (Å²) >= 11 is 0. The Labute approximate surface area is 141 Å². The van der Waals surface area contributed by atoms with Crippen molar-refractivity contribution in [2.45, 2.75) is 20.0 Å². The van der Waals surface area contributed by atoms with Gasteiger partial charge in [0.05, 0.1) is 11.3 Å². The summed E-state index contributed by atoms with van der Waals surface area (Å²) in [6.45, 7) is 3.38. The van der Waals surface area contributed by atoms with Gasteiger partial charge in [-0.3, -0.25) is 0 Å². The lowest BCUT2D eigenvalue weighted by atomic mass is 10.1. The van der Waals surface area contributed by atoms with Crippen LogP contribution in [0.4, 0.5) is 36.3 Å². The molecule has 0 aliphatic rings. The number of aryl methyl sites for hydroxylation is 2. The van der Waals surface area contributed by atoms with Crippen molar-refractivity contribution in [3.8, 4) is 0 Å². The topological polar surface area (TPSA) is 75.9 Å². The zero-order valence-electron chi connectivity index (χ0n) is 13.3. The fraction of sp³-hybridized carbons (Fsp3) is 0.188. The summed E-state index contributed by atoms with van der Waals surface area (Å²) in [5, 5.41) is 9.40. The minimum absolute atomic E-state index is 0.0867. The van der Waals surface area contributed by atoms with Gasteiger partial charge in [0.2, 0.25) is 0 Å². The molecule has 0 saturated carbocycles. The molecular weight excluding hydrogens is 335 g/mol. The molecule has 9 heteroatoms. The molecule has 2 heterocycles. The third kappa shape index (κ3) is 4.06. The van der Waals surface area contributed by atoms with Crippen LogP contribution in [0.5, 0.6) is 0 Å². The Balaban J connectivity index is 1.89. The van der Waals surface area contributed by atoms with Crippen molar-refractivity contribution in [3.05, 3.63) is 53.5 Å². The fourth-order valence-corrected chi connectivity index (χ4v) is 2.23. The van der Waals surface area contributed by atoms with E-state index in [1.165, 1.54) is 24.3 Å². The molecule has 0 bridgehead atoms. The first-order chi connectivity index (χ1) is 11.8. The average molecular weight is 349 g/mol. The maximum absolute atomic E-state index is 13.1. The molecule has 0 amide bonds. The first-order valence-corrected chi connectivity index (χ1v) is 7.30. The number of hydrogen-bond acceptors (Lipinski definition) is 6. The lowest BCUT2D eigenvalue weighted by Crippen LogP contribution is -2.09. The number of halogens is 3. The van der Waals surface area contributed by atoms with Crippen molar-refractivity contribution in [3.63, 3.8) is 0 Å². The molecule has 0 saturated heterocycles. The van der Waals surface area contributed by atoms with Gasteiger partial charge in [-0.05, 0) is 26.0 Å². The summed E-state index contributed by atoms with van der Waals surface area (Å²) in [7, 11) is 0. The van der Waals surface area contributed by atoms with E-state index in [1.807, 2.05) is 0 Å². The first-order valence-electron chi connectivity index (χ1n) is 7.30. The standard InChI is InChI=1S/C16H14F3N5O/c1-9-7-15(24-25-9)23-14-8-13(20-10(2)21-14)22-12-6-4-3-5-11(12)16(17,18)19/h3-8H,1-2H3,(H2,20,21,22,23,24). The van der Waals surface area contributed by atoms with Crippen LogP contribution in [-0.2, 0) is 6.18 Å². The molecule has 0 atom stereocenters. The van der Waals surface area contributed by atoms with Gasteiger partial charge in [-0.25, -0.2) is 9.97 Å². The van der Waals surface area contributed by atoms with Crippen molar-refractivity contribution in [2.24, 2.45) is 0 Å². The van der Waals surface area contributed by atoms with Crippen LogP contribution >= 0.6 is 0 Å². The van der Waals surface area contributed by atoms with E-state index in [-0.39, 0.29) is 11.5 Å². The summed E-state index contributed by atoms with van der Waals surface area (Å²) in [6, 6.07) is 8.36. The van der Waals surface area contributed by atoms with Crippen molar-refractivity contribution in [2.75, 3.05) is 10.6 Å². The molecule has 3 rings (SSSR count). The number of nitrogens with one attached hydrogen (secondary N) is 2. The van der Waals surface area contributed by atoms with Crippen molar-refractivity contribution >= 4 is 23.1 Å². The molecule has 2 N–H and O–H groups in total. The van der Waals surface area contributed by atoms with E-state index in [1.54, 1.807) is 19.9 Å². The Hall–Kier alpha value is -3.10. The molecule has 0 fully saturated rings.